The third-order valence-corrected chi connectivity index (χ3v) is 4.18. The highest BCUT2D eigenvalue weighted by atomic mass is 32.2. The minimum atomic E-state index is -3.39. The van der Waals surface area contributed by atoms with Crippen molar-refractivity contribution in [2.45, 2.75) is 6.54 Å². The van der Waals surface area contributed by atoms with E-state index in [9.17, 15) is 8.42 Å². The fraction of sp³-hybridized carbons (Fsp3) is 0.308. The monoisotopic (exact) mass is 310 g/mol. The Labute approximate surface area is 123 Å². The molecule has 0 saturated carbocycles. The molecule has 0 saturated heterocycles. The highest BCUT2D eigenvalue weighted by molar-refractivity contribution is 7.89. The third-order valence-electron chi connectivity index (χ3n) is 2.90. The number of ether oxygens (including phenoxy) is 1. The first-order valence-electron chi connectivity index (χ1n) is 6.39. The first-order valence-corrected chi connectivity index (χ1v) is 8.04. The van der Waals surface area contributed by atoms with Crippen LogP contribution in [0.15, 0.2) is 36.5 Å². The fourth-order valence-electron chi connectivity index (χ4n) is 1.66. The van der Waals surface area contributed by atoms with E-state index in [2.05, 4.69) is 9.82 Å². The zero-order valence-corrected chi connectivity index (χ0v) is 12.5. The van der Waals surface area contributed by atoms with Gasteiger partial charge < -0.3 is 10.5 Å². The van der Waals surface area contributed by atoms with E-state index in [1.54, 1.807) is 48.3 Å². The maximum Gasteiger partial charge on any atom is 0.215 e. The van der Waals surface area contributed by atoms with E-state index in [-0.39, 0.29) is 18.9 Å². The van der Waals surface area contributed by atoms with Crippen LogP contribution in [0.2, 0.25) is 0 Å². The van der Waals surface area contributed by atoms with Crippen molar-refractivity contribution < 1.29 is 13.2 Å². The molecular formula is C13H18N4O3S. The topological polar surface area (TPSA) is 99.2 Å². The minimum Gasteiger partial charge on any atom is -0.492 e. The van der Waals surface area contributed by atoms with Crippen LogP contribution in [0.5, 0.6) is 5.75 Å². The summed E-state index contributed by atoms with van der Waals surface area (Å²) < 4.78 is 33.2. The second kappa shape index (κ2) is 6.59. The van der Waals surface area contributed by atoms with Crippen molar-refractivity contribution in [3.05, 3.63) is 42.2 Å². The number of rotatable bonds is 7. The number of hydrogen-bond donors (Lipinski definition) is 2. The number of sulfonamides is 1. The maximum absolute atomic E-state index is 11.8. The predicted molar refractivity (Wildman–Crippen MR) is 80.2 cm³/mol. The maximum atomic E-state index is 11.8. The molecule has 0 unspecified atom stereocenters. The molecule has 2 aromatic rings. The number of hydrogen-bond acceptors (Lipinski definition) is 5. The summed E-state index contributed by atoms with van der Waals surface area (Å²) in [5.41, 5.74) is 6.98. The van der Waals surface area contributed by atoms with Crippen LogP contribution < -0.4 is 15.2 Å². The second-order valence-corrected chi connectivity index (χ2v) is 6.43. The molecule has 0 amide bonds. The van der Waals surface area contributed by atoms with Gasteiger partial charge in [-0.1, -0.05) is 0 Å². The van der Waals surface area contributed by atoms with Crippen molar-refractivity contribution in [1.82, 2.24) is 14.5 Å². The smallest absolute Gasteiger partial charge is 0.215 e. The van der Waals surface area contributed by atoms with Crippen LogP contribution in [-0.4, -0.2) is 30.6 Å². The zero-order valence-electron chi connectivity index (χ0n) is 11.7. The van der Waals surface area contributed by atoms with Crippen molar-refractivity contribution in [3.63, 3.8) is 0 Å². The molecule has 7 nitrogen and oxygen atoms in total. The Bertz CT molecular complexity index is 680. The molecular weight excluding hydrogens is 292 g/mol. The van der Waals surface area contributed by atoms with E-state index < -0.39 is 10.0 Å². The summed E-state index contributed by atoms with van der Waals surface area (Å²) in [6.45, 7) is 0.283. The molecule has 0 radical (unpaired) electrons. The SMILES string of the molecule is Cn1nccc1CNS(=O)(=O)CCOc1ccc(N)cc1. The normalized spacial score (nSPS) is 11.5. The largest absolute Gasteiger partial charge is 0.492 e. The Morgan fingerprint density at radius 3 is 2.62 bits per heavy atom. The van der Waals surface area contributed by atoms with Crippen molar-refractivity contribution in [2.75, 3.05) is 18.1 Å². The highest BCUT2D eigenvalue weighted by Crippen LogP contribution is 2.12. The molecule has 0 atom stereocenters. The van der Waals surface area contributed by atoms with Crippen molar-refractivity contribution in [1.29, 1.82) is 0 Å². The summed E-state index contributed by atoms with van der Waals surface area (Å²) in [4.78, 5) is 0. The van der Waals surface area contributed by atoms with Gasteiger partial charge in [-0.15, -0.1) is 0 Å². The summed E-state index contributed by atoms with van der Waals surface area (Å²) in [5.74, 6) is 0.473. The Morgan fingerprint density at radius 1 is 1.29 bits per heavy atom. The fourth-order valence-corrected chi connectivity index (χ4v) is 2.48. The van der Waals surface area contributed by atoms with Gasteiger partial charge in [0.15, 0.2) is 0 Å². The third kappa shape index (κ3) is 4.76. The van der Waals surface area contributed by atoms with E-state index in [4.69, 9.17) is 10.5 Å². The van der Waals surface area contributed by atoms with Gasteiger partial charge in [0.1, 0.15) is 12.4 Å². The lowest BCUT2D eigenvalue weighted by atomic mass is 10.3. The predicted octanol–water partition coefficient (Wildman–Crippen LogP) is 0.501. The molecule has 2 rings (SSSR count). The molecule has 0 fully saturated rings. The van der Waals surface area contributed by atoms with Gasteiger partial charge in [-0.25, -0.2) is 13.1 Å². The Hall–Kier alpha value is -2.06. The summed E-state index contributed by atoms with van der Waals surface area (Å²) in [7, 11) is -1.64. The number of nitrogen functional groups attached to an aromatic ring is 1. The van der Waals surface area contributed by atoms with Gasteiger partial charge >= 0.3 is 0 Å². The first kappa shape index (κ1) is 15.3. The van der Waals surface area contributed by atoms with Crippen molar-refractivity contribution in [2.24, 2.45) is 7.05 Å². The minimum absolute atomic E-state index is 0.0740. The van der Waals surface area contributed by atoms with E-state index in [0.29, 0.717) is 11.4 Å². The average molecular weight is 310 g/mol. The van der Waals surface area contributed by atoms with Crippen LogP contribution in [0.4, 0.5) is 5.69 Å². The van der Waals surface area contributed by atoms with Gasteiger partial charge in [0, 0.05) is 18.9 Å². The Kier molecular flexibility index (Phi) is 4.81. The van der Waals surface area contributed by atoms with Crippen LogP contribution in [0, 0.1) is 0 Å². The molecule has 114 valence electrons. The van der Waals surface area contributed by atoms with E-state index in [1.807, 2.05) is 0 Å². The molecule has 8 heteroatoms. The van der Waals surface area contributed by atoms with E-state index in [0.717, 1.165) is 5.69 Å². The second-order valence-electron chi connectivity index (χ2n) is 4.50. The number of nitrogens with one attached hydrogen (secondary N) is 1. The van der Waals surface area contributed by atoms with Crippen LogP contribution >= 0.6 is 0 Å². The molecule has 0 spiro atoms. The Morgan fingerprint density at radius 2 is 2.00 bits per heavy atom. The number of aromatic nitrogens is 2. The van der Waals surface area contributed by atoms with E-state index >= 15 is 0 Å². The van der Waals surface area contributed by atoms with Gasteiger partial charge in [-0.05, 0) is 30.3 Å². The quantitative estimate of drug-likeness (QED) is 0.726. The zero-order chi connectivity index (χ0) is 15.3. The lowest BCUT2D eigenvalue weighted by molar-refractivity contribution is 0.340. The molecule has 21 heavy (non-hydrogen) atoms. The number of nitrogens with zero attached hydrogens (tertiary/aromatic N) is 2. The number of anilines is 1. The lowest BCUT2D eigenvalue weighted by Crippen LogP contribution is -2.29. The molecule has 1 aromatic heterocycles. The summed E-state index contributed by atoms with van der Waals surface area (Å²) in [5, 5.41) is 3.97. The highest BCUT2D eigenvalue weighted by Gasteiger charge is 2.11. The molecule has 0 aliphatic rings. The summed E-state index contributed by atoms with van der Waals surface area (Å²) in [6, 6.07) is 8.55. The van der Waals surface area contributed by atoms with Gasteiger partial charge in [0.05, 0.1) is 18.0 Å². The molecule has 1 heterocycles. The Balaban J connectivity index is 1.78. The van der Waals surface area contributed by atoms with Crippen molar-refractivity contribution in [3.8, 4) is 5.75 Å². The molecule has 0 bridgehead atoms. The molecule has 3 N–H and O–H groups in total. The standard InChI is InChI=1S/C13H18N4O3S/c1-17-12(6-7-15-17)10-16-21(18,19)9-8-20-13-4-2-11(14)3-5-13/h2-7,16H,8-10,14H2,1H3. The number of nitrogens with two attached hydrogens (primary N) is 1. The van der Waals surface area contributed by atoms with Crippen LogP contribution in [-0.2, 0) is 23.6 Å². The lowest BCUT2D eigenvalue weighted by Gasteiger charge is -2.09. The van der Waals surface area contributed by atoms with Crippen LogP contribution in [0.1, 0.15) is 5.69 Å². The molecule has 0 aliphatic heterocycles. The summed E-state index contributed by atoms with van der Waals surface area (Å²) >= 11 is 0. The van der Waals surface area contributed by atoms with Gasteiger partial charge in [-0.2, -0.15) is 5.10 Å². The summed E-state index contributed by atoms with van der Waals surface area (Å²) in [6.07, 6.45) is 1.62. The van der Waals surface area contributed by atoms with Crippen LogP contribution in [0.25, 0.3) is 0 Å². The van der Waals surface area contributed by atoms with Gasteiger partial charge in [0.25, 0.3) is 0 Å². The van der Waals surface area contributed by atoms with Gasteiger partial charge in [0.2, 0.25) is 10.0 Å². The number of benzene rings is 1. The molecule has 1 aromatic carbocycles. The van der Waals surface area contributed by atoms with Crippen LogP contribution in [0.3, 0.4) is 0 Å². The van der Waals surface area contributed by atoms with Crippen molar-refractivity contribution >= 4 is 15.7 Å². The average Bonchev–Trinajstić information content (AvgIpc) is 2.84. The van der Waals surface area contributed by atoms with E-state index in [1.165, 1.54) is 0 Å². The molecule has 0 aliphatic carbocycles. The number of aryl methyl sites for hydroxylation is 1. The first-order chi connectivity index (χ1) is 9.96. The van der Waals surface area contributed by atoms with Gasteiger partial charge in [-0.3, -0.25) is 4.68 Å².